The molecule has 3 nitrogen and oxygen atoms in total. The zero-order valence-corrected chi connectivity index (χ0v) is 12.9. The van der Waals surface area contributed by atoms with Crippen molar-refractivity contribution in [1.82, 2.24) is 14.3 Å². The third-order valence-corrected chi connectivity index (χ3v) is 3.71. The van der Waals surface area contributed by atoms with Gasteiger partial charge in [0.2, 0.25) is 0 Å². The molecule has 0 saturated heterocycles. The summed E-state index contributed by atoms with van der Waals surface area (Å²) in [4.78, 5) is 0. The molecule has 0 spiro atoms. The fraction of sp³-hybridized carbons (Fsp3) is 0.562. The van der Waals surface area contributed by atoms with E-state index < -0.39 is 0 Å². The minimum Gasteiger partial charge on any atom is -0.353 e. The maximum Gasteiger partial charge on any atom is 0.0492 e. The molecule has 3 heteroatoms. The second-order valence-electron chi connectivity index (χ2n) is 7.05. The van der Waals surface area contributed by atoms with Crippen LogP contribution in [0.5, 0.6) is 0 Å². The molecule has 2 aromatic heterocycles. The van der Waals surface area contributed by atoms with E-state index in [0.29, 0.717) is 0 Å². The molecule has 0 radical (unpaired) electrons. The molecule has 2 heterocycles. The molecule has 0 aliphatic heterocycles. The highest BCUT2D eigenvalue weighted by atomic mass is 15.3. The molecule has 0 N–H and O–H groups in total. The predicted molar refractivity (Wildman–Crippen MR) is 79.4 cm³/mol. The minimum atomic E-state index is 0.0689. The van der Waals surface area contributed by atoms with Crippen LogP contribution in [0.4, 0.5) is 0 Å². The highest BCUT2D eigenvalue weighted by molar-refractivity contribution is 5.21. The predicted octanol–water partition coefficient (Wildman–Crippen LogP) is 3.50. The average molecular weight is 259 g/mol. The molecule has 0 atom stereocenters. The lowest BCUT2D eigenvalue weighted by Crippen LogP contribution is -2.26. The molecule has 104 valence electrons. The van der Waals surface area contributed by atoms with Crippen LogP contribution in [0.3, 0.4) is 0 Å². The Bertz CT molecular complexity index is 553. The van der Waals surface area contributed by atoms with Crippen LogP contribution < -0.4 is 0 Å². The fourth-order valence-electron chi connectivity index (χ4n) is 2.56. The summed E-state index contributed by atoms with van der Waals surface area (Å²) in [6.45, 7) is 12.2. The molecule has 19 heavy (non-hydrogen) atoms. The van der Waals surface area contributed by atoms with Gasteiger partial charge in [-0.3, -0.25) is 4.68 Å². The Morgan fingerprint density at radius 1 is 1.11 bits per heavy atom. The highest BCUT2D eigenvalue weighted by Crippen LogP contribution is 2.27. The summed E-state index contributed by atoms with van der Waals surface area (Å²) in [6, 6.07) is 4.33. The first kappa shape index (κ1) is 13.9. The standard InChI is InChI=1S/C16H25N3/c1-15(2,3)13-8-10-19(11-13)12-16(4,5)14-7-9-17-18(14)6/h7-11H,12H2,1-6H3. The van der Waals surface area contributed by atoms with Gasteiger partial charge in [-0.2, -0.15) is 5.10 Å². The molecular weight excluding hydrogens is 234 g/mol. The summed E-state index contributed by atoms with van der Waals surface area (Å²) in [5.41, 5.74) is 2.92. The summed E-state index contributed by atoms with van der Waals surface area (Å²) in [7, 11) is 2.01. The van der Waals surface area contributed by atoms with Crippen molar-refractivity contribution in [3.05, 3.63) is 42.0 Å². The number of nitrogens with zero attached hydrogens (tertiary/aromatic N) is 3. The van der Waals surface area contributed by atoms with Gasteiger partial charge in [-0.05, 0) is 23.1 Å². The maximum absolute atomic E-state index is 4.28. The van der Waals surface area contributed by atoms with E-state index in [1.807, 2.05) is 17.9 Å². The van der Waals surface area contributed by atoms with Crippen molar-refractivity contribution in [3.8, 4) is 0 Å². The molecular formula is C16H25N3. The monoisotopic (exact) mass is 259 g/mol. The van der Waals surface area contributed by atoms with Crippen LogP contribution in [-0.2, 0) is 24.4 Å². The molecule has 2 rings (SSSR count). The van der Waals surface area contributed by atoms with Gasteiger partial charge in [0.15, 0.2) is 0 Å². The van der Waals surface area contributed by atoms with E-state index in [2.05, 4.69) is 68.8 Å². The van der Waals surface area contributed by atoms with E-state index >= 15 is 0 Å². The van der Waals surface area contributed by atoms with Crippen molar-refractivity contribution in [2.45, 2.75) is 52.0 Å². The SMILES string of the molecule is Cn1nccc1C(C)(C)Cn1ccc(C(C)(C)C)c1. The van der Waals surface area contributed by atoms with Crippen LogP contribution in [-0.4, -0.2) is 14.3 Å². The zero-order chi connectivity index (χ0) is 14.3. The Morgan fingerprint density at radius 3 is 2.26 bits per heavy atom. The lowest BCUT2D eigenvalue weighted by molar-refractivity contribution is 0.404. The van der Waals surface area contributed by atoms with E-state index in [1.54, 1.807) is 0 Å². The second kappa shape index (κ2) is 4.55. The molecule has 2 aromatic rings. The lowest BCUT2D eigenvalue weighted by Gasteiger charge is -2.25. The molecule has 0 saturated carbocycles. The minimum absolute atomic E-state index is 0.0689. The third-order valence-electron chi connectivity index (χ3n) is 3.71. The van der Waals surface area contributed by atoms with Gasteiger partial charge < -0.3 is 4.57 Å². The number of hydrogen-bond acceptors (Lipinski definition) is 1. The normalized spacial score (nSPS) is 12.9. The highest BCUT2D eigenvalue weighted by Gasteiger charge is 2.25. The van der Waals surface area contributed by atoms with Crippen molar-refractivity contribution in [1.29, 1.82) is 0 Å². The van der Waals surface area contributed by atoms with Gasteiger partial charge >= 0.3 is 0 Å². The summed E-state index contributed by atoms with van der Waals surface area (Å²) in [5, 5.41) is 4.28. The van der Waals surface area contributed by atoms with Crippen LogP contribution >= 0.6 is 0 Å². The number of aromatic nitrogens is 3. The average Bonchev–Trinajstić information content (AvgIpc) is 2.85. The van der Waals surface area contributed by atoms with Gasteiger partial charge in [-0.15, -0.1) is 0 Å². The van der Waals surface area contributed by atoms with E-state index in [1.165, 1.54) is 11.3 Å². The third kappa shape index (κ3) is 2.91. The van der Waals surface area contributed by atoms with Crippen LogP contribution in [0.25, 0.3) is 0 Å². The number of hydrogen-bond donors (Lipinski definition) is 0. The first-order valence-corrected chi connectivity index (χ1v) is 6.85. The van der Waals surface area contributed by atoms with E-state index in [-0.39, 0.29) is 10.8 Å². The van der Waals surface area contributed by atoms with Crippen LogP contribution in [0.1, 0.15) is 45.9 Å². The first-order chi connectivity index (χ1) is 8.70. The van der Waals surface area contributed by atoms with Gasteiger partial charge in [-0.25, -0.2) is 0 Å². The Morgan fingerprint density at radius 2 is 1.79 bits per heavy atom. The van der Waals surface area contributed by atoms with Gasteiger partial charge in [-0.1, -0.05) is 34.6 Å². The lowest BCUT2D eigenvalue weighted by atomic mass is 9.88. The van der Waals surface area contributed by atoms with E-state index in [0.717, 1.165) is 6.54 Å². The van der Waals surface area contributed by atoms with Crippen molar-refractivity contribution in [3.63, 3.8) is 0 Å². The Labute approximate surface area is 116 Å². The molecule has 0 aliphatic rings. The van der Waals surface area contributed by atoms with Crippen LogP contribution in [0.2, 0.25) is 0 Å². The molecule has 0 fully saturated rings. The number of aryl methyl sites for hydroxylation is 1. The second-order valence-corrected chi connectivity index (χ2v) is 7.05. The van der Waals surface area contributed by atoms with Gasteiger partial charge in [0.25, 0.3) is 0 Å². The largest absolute Gasteiger partial charge is 0.353 e. The van der Waals surface area contributed by atoms with Crippen LogP contribution in [0.15, 0.2) is 30.7 Å². The molecule has 0 unspecified atom stereocenters. The van der Waals surface area contributed by atoms with Gasteiger partial charge in [0.1, 0.15) is 0 Å². The Kier molecular flexibility index (Phi) is 3.33. The maximum atomic E-state index is 4.28. The smallest absolute Gasteiger partial charge is 0.0492 e. The molecule has 0 amide bonds. The zero-order valence-electron chi connectivity index (χ0n) is 12.9. The molecule has 0 aliphatic carbocycles. The van der Waals surface area contributed by atoms with Gasteiger partial charge in [0.05, 0.1) is 0 Å². The summed E-state index contributed by atoms with van der Waals surface area (Å²) < 4.78 is 4.25. The number of rotatable bonds is 3. The van der Waals surface area contributed by atoms with E-state index in [9.17, 15) is 0 Å². The summed E-state index contributed by atoms with van der Waals surface area (Å²) in [6.07, 6.45) is 6.31. The topological polar surface area (TPSA) is 22.8 Å². The van der Waals surface area contributed by atoms with Crippen molar-refractivity contribution < 1.29 is 0 Å². The summed E-state index contributed by atoms with van der Waals surface area (Å²) in [5.74, 6) is 0. The van der Waals surface area contributed by atoms with Crippen molar-refractivity contribution in [2.24, 2.45) is 7.05 Å². The van der Waals surface area contributed by atoms with Crippen molar-refractivity contribution >= 4 is 0 Å². The van der Waals surface area contributed by atoms with Crippen molar-refractivity contribution in [2.75, 3.05) is 0 Å². The first-order valence-electron chi connectivity index (χ1n) is 6.85. The quantitative estimate of drug-likeness (QED) is 0.827. The Balaban J connectivity index is 2.21. The summed E-state index contributed by atoms with van der Waals surface area (Å²) >= 11 is 0. The van der Waals surface area contributed by atoms with Crippen LogP contribution in [0, 0.1) is 0 Å². The van der Waals surface area contributed by atoms with E-state index in [4.69, 9.17) is 0 Å². The Hall–Kier alpha value is -1.51. The fourth-order valence-corrected chi connectivity index (χ4v) is 2.56. The molecule has 0 bridgehead atoms. The van der Waals surface area contributed by atoms with Gasteiger partial charge in [0, 0.05) is 43.3 Å². The molecule has 0 aromatic carbocycles.